The maximum absolute atomic E-state index is 4.68. The number of imidazole rings is 1. The van der Waals surface area contributed by atoms with Crippen LogP contribution in [0.1, 0.15) is 48.2 Å². The molecule has 0 radical (unpaired) electrons. The number of nitrogens with zero attached hydrogens (tertiary/aromatic N) is 3. The molecular weight excluding hydrogens is 198 g/mol. The highest BCUT2D eigenvalue weighted by molar-refractivity contribution is 5.49. The van der Waals surface area contributed by atoms with E-state index >= 15 is 0 Å². The zero-order valence-corrected chi connectivity index (χ0v) is 10.9. The molecule has 2 heterocycles. The van der Waals surface area contributed by atoms with E-state index in [1.807, 2.05) is 13.8 Å². The Morgan fingerprint density at radius 1 is 0.938 bits per heavy atom. The molecule has 0 saturated carbocycles. The molecule has 2 rings (SSSR count). The molecule has 3 heteroatoms. The molecule has 0 aliphatic rings. The number of rotatable bonds is 1. The van der Waals surface area contributed by atoms with Crippen LogP contribution in [0.2, 0.25) is 0 Å². The van der Waals surface area contributed by atoms with E-state index in [-0.39, 0.29) is 0 Å². The van der Waals surface area contributed by atoms with Crippen molar-refractivity contribution in [3.8, 4) is 0 Å². The lowest BCUT2D eigenvalue weighted by Gasteiger charge is -2.15. The highest BCUT2D eigenvalue weighted by atomic mass is 15.1. The van der Waals surface area contributed by atoms with E-state index in [1.165, 1.54) is 11.3 Å². The summed E-state index contributed by atoms with van der Waals surface area (Å²) >= 11 is 0. The number of aryl methyl sites for hydroxylation is 4. The van der Waals surface area contributed by atoms with Crippen molar-refractivity contribution in [2.24, 2.45) is 0 Å². The Morgan fingerprint density at radius 3 is 2.12 bits per heavy atom. The van der Waals surface area contributed by atoms with Crippen molar-refractivity contribution in [2.75, 3.05) is 0 Å². The zero-order chi connectivity index (χ0) is 12.0. The molecule has 2 aromatic rings. The SMILES string of the molecule is Cc1nc2c(C)nc(C)n2c(C)c1C(C)C. The van der Waals surface area contributed by atoms with Crippen molar-refractivity contribution in [2.45, 2.75) is 47.5 Å². The molecule has 0 aromatic carbocycles. The van der Waals surface area contributed by atoms with Crippen molar-refractivity contribution in [3.63, 3.8) is 0 Å². The van der Waals surface area contributed by atoms with E-state index < -0.39 is 0 Å². The first kappa shape index (κ1) is 11.1. The highest BCUT2D eigenvalue weighted by Gasteiger charge is 2.15. The van der Waals surface area contributed by atoms with Crippen LogP contribution in [0.3, 0.4) is 0 Å². The third-order valence-electron chi connectivity index (χ3n) is 3.15. The summed E-state index contributed by atoms with van der Waals surface area (Å²) in [6.45, 7) is 12.7. The molecule has 0 saturated heterocycles. The molecule has 0 aliphatic heterocycles. The number of fused-ring (bicyclic) bond motifs is 1. The fraction of sp³-hybridized carbons (Fsp3) is 0.538. The van der Waals surface area contributed by atoms with E-state index in [0.717, 1.165) is 22.9 Å². The number of aromatic nitrogens is 3. The van der Waals surface area contributed by atoms with Gasteiger partial charge in [0, 0.05) is 11.4 Å². The fourth-order valence-electron chi connectivity index (χ4n) is 2.63. The van der Waals surface area contributed by atoms with Gasteiger partial charge in [-0.1, -0.05) is 13.8 Å². The van der Waals surface area contributed by atoms with Crippen LogP contribution >= 0.6 is 0 Å². The zero-order valence-electron chi connectivity index (χ0n) is 10.9. The lowest BCUT2D eigenvalue weighted by atomic mass is 10.00. The summed E-state index contributed by atoms with van der Waals surface area (Å²) in [6, 6.07) is 0. The van der Waals surface area contributed by atoms with Crippen molar-refractivity contribution >= 4 is 5.65 Å². The van der Waals surface area contributed by atoms with Crippen molar-refractivity contribution < 1.29 is 0 Å². The molecule has 3 nitrogen and oxygen atoms in total. The Balaban J connectivity index is 2.92. The van der Waals surface area contributed by atoms with E-state index in [0.29, 0.717) is 5.92 Å². The molecule has 0 amide bonds. The lowest BCUT2D eigenvalue weighted by molar-refractivity contribution is 0.801. The van der Waals surface area contributed by atoms with Crippen molar-refractivity contribution in [1.29, 1.82) is 0 Å². The van der Waals surface area contributed by atoms with Gasteiger partial charge in [0.15, 0.2) is 5.65 Å². The summed E-state index contributed by atoms with van der Waals surface area (Å²) in [7, 11) is 0. The van der Waals surface area contributed by atoms with Gasteiger partial charge in [-0.3, -0.25) is 4.40 Å². The average Bonchev–Trinajstić information content (AvgIpc) is 2.41. The molecule has 0 atom stereocenters. The van der Waals surface area contributed by atoms with Crippen molar-refractivity contribution in [3.05, 3.63) is 28.5 Å². The van der Waals surface area contributed by atoms with Gasteiger partial charge in [0.25, 0.3) is 0 Å². The van der Waals surface area contributed by atoms with E-state index in [9.17, 15) is 0 Å². The third kappa shape index (κ3) is 1.42. The van der Waals surface area contributed by atoms with Gasteiger partial charge in [-0.15, -0.1) is 0 Å². The molecule has 0 spiro atoms. The van der Waals surface area contributed by atoms with Gasteiger partial charge >= 0.3 is 0 Å². The van der Waals surface area contributed by atoms with Gasteiger partial charge in [-0.2, -0.15) is 0 Å². The number of hydrogen-bond donors (Lipinski definition) is 0. The molecule has 0 bridgehead atoms. The fourth-order valence-corrected chi connectivity index (χ4v) is 2.63. The predicted molar refractivity (Wildman–Crippen MR) is 66.0 cm³/mol. The van der Waals surface area contributed by atoms with Crippen LogP contribution in [0.15, 0.2) is 0 Å². The standard InChI is InChI=1S/C13H19N3/c1-7(2)12-8(3)15-13-9(4)14-11(6)16(13)10(12)5/h7H,1-6H3. The van der Waals surface area contributed by atoms with E-state index in [2.05, 4.69) is 42.1 Å². The Labute approximate surface area is 96.5 Å². The normalized spacial score (nSPS) is 11.7. The second-order valence-corrected chi connectivity index (χ2v) is 4.75. The second-order valence-electron chi connectivity index (χ2n) is 4.75. The Bertz CT molecular complexity index is 550. The largest absolute Gasteiger partial charge is 0.285 e. The first-order valence-electron chi connectivity index (χ1n) is 5.76. The highest BCUT2D eigenvalue weighted by Crippen LogP contribution is 2.24. The molecule has 0 fully saturated rings. The number of hydrogen-bond acceptors (Lipinski definition) is 2. The van der Waals surface area contributed by atoms with Gasteiger partial charge in [0.1, 0.15) is 5.82 Å². The molecule has 0 N–H and O–H groups in total. The van der Waals surface area contributed by atoms with Crippen LogP contribution in [-0.4, -0.2) is 14.4 Å². The average molecular weight is 217 g/mol. The van der Waals surface area contributed by atoms with Crippen LogP contribution < -0.4 is 0 Å². The Hall–Kier alpha value is -1.38. The van der Waals surface area contributed by atoms with E-state index in [1.54, 1.807) is 0 Å². The van der Waals surface area contributed by atoms with Crippen LogP contribution in [0, 0.1) is 27.7 Å². The quantitative estimate of drug-likeness (QED) is 0.734. The van der Waals surface area contributed by atoms with Gasteiger partial charge in [-0.05, 0) is 39.2 Å². The molecule has 16 heavy (non-hydrogen) atoms. The van der Waals surface area contributed by atoms with Gasteiger partial charge < -0.3 is 0 Å². The smallest absolute Gasteiger partial charge is 0.160 e. The minimum Gasteiger partial charge on any atom is -0.285 e. The van der Waals surface area contributed by atoms with Crippen molar-refractivity contribution in [1.82, 2.24) is 14.4 Å². The monoisotopic (exact) mass is 217 g/mol. The maximum atomic E-state index is 4.68. The summed E-state index contributed by atoms with van der Waals surface area (Å²) < 4.78 is 2.16. The molecule has 0 aliphatic carbocycles. The summed E-state index contributed by atoms with van der Waals surface area (Å²) in [5, 5.41) is 0. The van der Waals surface area contributed by atoms with Gasteiger partial charge in [0.05, 0.1) is 5.69 Å². The summed E-state index contributed by atoms with van der Waals surface area (Å²) in [6.07, 6.45) is 0. The summed E-state index contributed by atoms with van der Waals surface area (Å²) in [5.41, 5.74) is 5.75. The van der Waals surface area contributed by atoms with Gasteiger partial charge in [-0.25, -0.2) is 9.97 Å². The molecule has 0 unspecified atom stereocenters. The topological polar surface area (TPSA) is 30.2 Å². The lowest BCUT2D eigenvalue weighted by Crippen LogP contribution is -2.06. The Morgan fingerprint density at radius 2 is 1.56 bits per heavy atom. The first-order chi connectivity index (χ1) is 7.43. The van der Waals surface area contributed by atoms with Gasteiger partial charge in [0.2, 0.25) is 0 Å². The Kier molecular flexibility index (Phi) is 2.49. The van der Waals surface area contributed by atoms with Crippen LogP contribution in [0.25, 0.3) is 5.65 Å². The third-order valence-corrected chi connectivity index (χ3v) is 3.15. The molecule has 2 aromatic heterocycles. The van der Waals surface area contributed by atoms with E-state index in [4.69, 9.17) is 0 Å². The van der Waals surface area contributed by atoms with Crippen LogP contribution in [-0.2, 0) is 0 Å². The minimum absolute atomic E-state index is 0.499. The second kappa shape index (κ2) is 3.58. The first-order valence-corrected chi connectivity index (χ1v) is 5.76. The van der Waals surface area contributed by atoms with Crippen LogP contribution in [0.4, 0.5) is 0 Å². The summed E-state index contributed by atoms with van der Waals surface area (Å²) in [5.74, 6) is 1.53. The predicted octanol–water partition coefficient (Wildman–Crippen LogP) is 3.09. The minimum atomic E-state index is 0.499. The molecule has 86 valence electrons. The summed E-state index contributed by atoms with van der Waals surface area (Å²) in [4.78, 5) is 9.17. The van der Waals surface area contributed by atoms with Crippen LogP contribution in [0.5, 0.6) is 0 Å². The maximum Gasteiger partial charge on any atom is 0.160 e. The molecular formula is C13H19N3.